The van der Waals surface area contributed by atoms with Crippen LogP contribution in [0, 0.1) is 0 Å². The topological polar surface area (TPSA) is 49.7 Å². The second-order valence-electron chi connectivity index (χ2n) is 2.55. The molecule has 11 heavy (non-hydrogen) atoms. The van der Waals surface area contributed by atoms with Crippen LogP contribution in [0.3, 0.4) is 0 Å². The van der Waals surface area contributed by atoms with Gasteiger partial charge in [-0.2, -0.15) is 0 Å². The number of benzene rings is 1. The number of aromatic hydroxyl groups is 2. The van der Waals surface area contributed by atoms with E-state index >= 15 is 0 Å². The Bertz CT molecular complexity index is 294. The Morgan fingerprint density at radius 2 is 2.09 bits per heavy atom. The maximum Gasteiger partial charge on any atom is 0.164 e. The third-order valence-corrected chi connectivity index (χ3v) is 1.75. The van der Waals surface area contributed by atoms with E-state index in [0.29, 0.717) is 12.4 Å². The van der Waals surface area contributed by atoms with E-state index in [0.717, 1.165) is 12.0 Å². The van der Waals surface area contributed by atoms with Crippen molar-refractivity contribution < 1.29 is 14.9 Å². The lowest BCUT2D eigenvalue weighted by Crippen LogP contribution is -1.86. The smallest absolute Gasteiger partial charge is 0.164 e. The first-order chi connectivity index (χ1) is 5.27. The highest BCUT2D eigenvalue weighted by molar-refractivity contribution is 5.52. The van der Waals surface area contributed by atoms with Crippen molar-refractivity contribution in [3.8, 4) is 17.2 Å². The fourth-order valence-electron chi connectivity index (χ4n) is 1.27. The number of phenolic OH excluding ortho intramolecular Hbond substituents is 2. The molecular weight excluding hydrogens is 144 g/mol. The van der Waals surface area contributed by atoms with Gasteiger partial charge >= 0.3 is 0 Å². The summed E-state index contributed by atoms with van der Waals surface area (Å²) in [7, 11) is 0. The molecule has 1 heterocycles. The molecule has 1 aromatic rings. The van der Waals surface area contributed by atoms with Gasteiger partial charge < -0.3 is 14.9 Å². The summed E-state index contributed by atoms with van der Waals surface area (Å²) in [6, 6.07) is 2.90. The van der Waals surface area contributed by atoms with Crippen molar-refractivity contribution in [2.45, 2.75) is 6.42 Å². The number of hydrogen-bond donors (Lipinski definition) is 2. The maximum atomic E-state index is 9.23. The first-order valence-electron chi connectivity index (χ1n) is 3.45. The molecular formula is C8H8O3. The third-order valence-electron chi connectivity index (χ3n) is 1.75. The monoisotopic (exact) mass is 152 g/mol. The number of ether oxygens (including phenoxy) is 1. The summed E-state index contributed by atoms with van der Waals surface area (Å²) in [5, 5.41) is 18.3. The zero-order chi connectivity index (χ0) is 7.84. The van der Waals surface area contributed by atoms with Gasteiger partial charge in [-0.3, -0.25) is 0 Å². The van der Waals surface area contributed by atoms with Crippen molar-refractivity contribution in [1.29, 1.82) is 0 Å². The van der Waals surface area contributed by atoms with E-state index < -0.39 is 0 Å². The van der Waals surface area contributed by atoms with E-state index in [1.54, 1.807) is 6.07 Å². The van der Waals surface area contributed by atoms with Crippen molar-refractivity contribution in [2.24, 2.45) is 0 Å². The molecule has 0 aliphatic carbocycles. The number of hydrogen-bond acceptors (Lipinski definition) is 3. The molecule has 0 unspecified atom stereocenters. The summed E-state index contributed by atoms with van der Waals surface area (Å²) in [4.78, 5) is 0. The first-order valence-corrected chi connectivity index (χ1v) is 3.45. The summed E-state index contributed by atoms with van der Waals surface area (Å²) >= 11 is 0. The van der Waals surface area contributed by atoms with Gasteiger partial charge in [0.05, 0.1) is 6.61 Å². The molecule has 1 aliphatic heterocycles. The zero-order valence-corrected chi connectivity index (χ0v) is 5.87. The molecule has 0 atom stereocenters. The summed E-state index contributed by atoms with van der Waals surface area (Å²) < 4.78 is 5.12. The predicted molar refractivity (Wildman–Crippen MR) is 39.0 cm³/mol. The molecule has 0 fully saturated rings. The second kappa shape index (κ2) is 2.05. The highest BCUT2D eigenvalue weighted by atomic mass is 16.5. The van der Waals surface area contributed by atoms with Crippen molar-refractivity contribution >= 4 is 0 Å². The Hall–Kier alpha value is -1.38. The van der Waals surface area contributed by atoms with Gasteiger partial charge in [0, 0.05) is 18.1 Å². The van der Waals surface area contributed by atoms with E-state index in [-0.39, 0.29) is 11.5 Å². The summed E-state index contributed by atoms with van der Waals surface area (Å²) in [5.41, 5.74) is 0.877. The Kier molecular flexibility index (Phi) is 1.18. The minimum absolute atomic E-state index is 0.0255. The lowest BCUT2D eigenvalue weighted by molar-refractivity contribution is 0.333. The largest absolute Gasteiger partial charge is 0.508 e. The van der Waals surface area contributed by atoms with Gasteiger partial charge in [-0.05, 0) is 6.07 Å². The molecule has 2 N–H and O–H groups in total. The Morgan fingerprint density at radius 1 is 1.27 bits per heavy atom. The first kappa shape index (κ1) is 6.34. The lowest BCUT2D eigenvalue weighted by atomic mass is 10.1. The minimum Gasteiger partial charge on any atom is -0.508 e. The van der Waals surface area contributed by atoms with Crippen LogP contribution in [0.4, 0.5) is 0 Å². The Labute approximate surface area is 63.9 Å². The van der Waals surface area contributed by atoms with Crippen LogP contribution in [0.5, 0.6) is 17.2 Å². The van der Waals surface area contributed by atoms with Crippen molar-refractivity contribution in [3.05, 3.63) is 17.7 Å². The van der Waals surface area contributed by atoms with Gasteiger partial charge in [0.15, 0.2) is 11.5 Å². The molecule has 3 nitrogen and oxygen atoms in total. The number of fused-ring (bicyclic) bond motifs is 1. The van der Waals surface area contributed by atoms with Crippen LogP contribution >= 0.6 is 0 Å². The molecule has 0 radical (unpaired) electrons. The van der Waals surface area contributed by atoms with Gasteiger partial charge in [0.25, 0.3) is 0 Å². The van der Waals surface area contributed by atoms with E-state index in [4.69, 9.17) is 9.84 Å². The fourth-order valence-corrected chi connectivity index (χ4v) is 1.27. The zero-order valence-electron chi connectivity index (χ0n) is 5.87. The number of phenols is 2. The Morgan fingerprint density at radius 3 is 2.91 bits per heavy atom. The van der Waals surface area contributed by atoms with Gasteiger partial charge in [-0.15, -0.1) is 0 Å². The van der Waals surface area contributed by atoms with Crippen LogP contribution in [0.15, 0.2) is 12.1 Å². The SMILES string of the molecule is Oc1cc(O)c2c(c1)CCO2. The predicted octanol–water partition coefficient (Wildman–Crippen LogP) is 1.03. The molecule has 2 rings (SSSR count). The molecule has 0 saturated heterocycles. The highest BCUT2D eigenvalue weighted by Gasteiger charge is 2.16. The van der Waals surface area contributed by atoms with Gasteiger partial charge in [-0.25, -0.2) is 0 Å². The van der Waals surface area contributed by atoms with Crippen LogP contribution < -0.4 is 4.74 Å². The van der Waals surface area contributed by atoms with Crippen molar-refractivity contribution in [3.63, 3.8) is 0 Å². The van der Waals surface area contributed by atoms with Crippen LogP contribution in [0.2, 0.25) is 0 Å². The Balaban J connectivity index is 2.60. The maximum absolute atomic E-state index is 9.23. The van der Waals surface area contributed by atoms with Crippen LogP contribution in [0.1, 0.15) is 5.56 Å². The van der Waals surface area contributed by atoms with E-state index in [1.165, 1.54) is 6.07 Å². The lowest BCUT2D eigenvalue weighted by Gasteiger charge is -2.01. The summed E-state index contributed by atoms with van der Waals surface area (Å²) in [6.45, 7) is 0.590. The average Bonchev–Trinajstić information content (AvgIpc) is 2.34. The van der Waals surface area contributed by atoms with Crippen molar-refractivity contribution in [2.75, 3.05) is 6.61 Å². The quantitative estimate of drug-likeness (QED) is 0.583. The molecule has 0 amide bonds. The molecule has 3 heteroatoms. The molecule has 58 valence electrons. The van der Waals surface area contributed by atoms with Crippen LogP contribution in [-0.2, 0) is 6.42 Å². The van der Waals surface area contributed by atoms with Gasteiger partial charge in [0.2, 0.25) is 0 Å². The second-order valence-corrected chi connectivity index (χ2v) is 2.55. The molecule has 0 saturated carbocycles. The summed E-state index contributed by atoms with van der Waals surface area (Å²) in [5.74, 6) is 0.632. The number of rotatable bonds is 0. The average molecular weight is 152 g/mol. The highest BCUT2D eigenvalue weighted by Crippen LogP contribution is 2.37. The molecule has 0 spiro atoms. The normalized spacial score (nSPS) is 14.2. The summed E-state index contributed by atoms with van der Waals surface area (Å²) in [6.07, 6.45) is 0.761. The van der Waals surface area contributed by atoms with Crippen molar-refractivity contribution in [1.82, 2.24) is 0 Å². The molecule has 0 bridgehead atoms. The van der Waals surface area contributed by atoms with Crippen LogP contribution in [-0.4, -0.2) is 16.8 Å². The fraction of sp³-hybridized carbons (Fsp3) is 0.250. The van der Waals surface area contributed by atoms with E-state index in [9.17, 15) is 5.11 Å². The standard InChI is InChI=1S/C8H8O3/c9-6-3-5-1-2-11-8(5)7(10)4-6/h3-4,9-10H,1-2H2. The minimum atomic E-state index is 0.0255. The molecule has 1 aliphatic rings. The van der Waals surface area contributed by atoms with E-state index in [1.807, 2.05) is 0 Å². The third kappa shape index (κ3) is 0.888. The van der Waals surface area contributed by atoms with Crippen LogP contribution in [0.25, 0.3) is 0 Å². The molecule has 1 aromatic carbocycles. The van der Waals surface area contributed by atoms with E-state index in [2.05, 4.69) is 0 Å². The molecule has 0 aromatic heterocycles. The van der Waals surface area contributed by atoms with Gasteiger partial charge in [0.1, 0.15) is 5.75 Å². The van der Waals surface area contributed by atoms with Gasteiger partial charge in [-0.1, -0.05) is 0 Å².